The minimum Gasteiger partial charge on any atom is -0.379 e. The van der Waals surface area contributed by atoms with E-state index in [0.717, 1.165) is 71.2 Å². The largest absolute Gasteiger partial charge is 0.379 e. The molecular formula is C22H34N4O2. The summed E-state index contributed by atoms with van der Waals surface area (Å²) in [6.07, 6.45) is 7.97. The van der Waals surface area contributed by atoms with E-state index >= 15 is 0 Å². The Morgan fingerprint density at radius 1 is 1.29 bits per heavy atom. The molecule has 2 aliphatic heterocycles. The van der Waals surface area contributed by atoms with E-state index in [2.05, 4.69) is 58.9 Å². The van der Waals surface area contributed by atoms with Crippen molar-refractivity contribution < 1.29 is 9.47 Å². The number of hydrogen-bond acceptors (Lipinski definition) is 4. The first-order valence-corrected chi connectivity index (χ1v) is 10.6. The van der Waals surface area contributed by atoms with Crippen LogP contribution in [0.25, 0.3) is 0 Å². The van der Waals surface area contributed by atoms with E-state index in [0.29, 0.717) is 12.6 Å². The monoisotopic (exact) mass is 386 g/mol. The standard InChI is InChI=1S/C22H34N4O2/c1-2-23-22(24-11-7-14-27-18-21-10-6-15-28-21)25-17-19-8-5-9-20(16-19)26-12-3-4-13-26/h3-5,8-9,16,21H,2,6-7,10-15,17-18H2,1H3,(H2,23,24,25). The molecule has 28 heavy (non-hydrogen) atoms. The Bertz CT molecular complexity index is 633. The maximum atomic E-state index is 5.72. The van der Waals surface area contributed by atoms with Crippen LogP contribution in [0.15, 0.2) is 41.4 Å². The highest BCUT2D eigenvalue weighted by Crippen LogP contribution is 2.19. The van der Waals surface area contributed by atoms with Crippen LogP contribution in [0.3, 0.4) is 0 Å². The minimum absolute atomic E-state index is 0.305. The molecule has 6 heteroatoms. The van der Waals surface area contributed by atoms with Crippen LogP contribution in [-0.4, -0.2) is 58.1 Å². The molecule has 1 unspecified atom stereocenters. The minimum atomic E-state index is 0.305. The SMILES string of the molecule is CCNC(=NCc1cccc(N2CC=CC2)c1)NCCCOCC1CCCO1. The van der Waals surface area contributed by atoms with Crippen LogP contribution in [0.5, 0.6) is 0 Å². The van der Waals surface area contributed by atoms with Gasteiger partial charge in [0.25, 0.3) is 0 Å². The molecule has 1 fully saturated rings. The molecule has 0 spiro atoms. The smallest absolute Gasteiger partial charge is 0.191 e. The zero-order chi connectivity index (χ0) is 19.4. The lowest BCUT2D eigenvalue weighted by Crippen LogP contribution is -2.38. The normalized spacial score (nSPS) is 19.4. The van der Waals surface area contributed by atoms with E-state index in [9.17, 15) is 0 Å². The molecule has 0 bridgehead atoms. The van der Waals surface area contributed by atoms with Crippen molar-refractivity contribution in [2.45, 2.75) is 38.8 Å². The van der Waals surface area contributed by atoms with Crippen molar-refractivity contribution >= 4 is 11.6 Å². The Morgan fingerprint density at radius 2 is 2.18 bits per heavy atom. The van der Waals surface area contributed by atoms with Crippen molar-refractivity contribution in [1.82, 2.24) is 10.6 Å². The van der Waals surface area contributed by atoms with Gasteiger partial charge in [-0.1, -0.05) is 24.3 Å². The summed E-state index contributed by atoms with van der Waals surface area (Å²) in [6.45, 7) is 8.78. The number of nitrogens with one attached hydrogen (secondary N) is 2. The number of hydrogen-bond donors (Lipinski definition) is 2. The molecule has 2 heterocycles. The third kappa shape index (κ3) is 6.84. The fraction of sp³-hybridized carbons (Fsp3) is 0.591. The Morgan fingerprint density at radius 3 is 2.96 bits per heavy atom. The maximum Gasteiger partial charge on any atom is 0.191 e. The molecule has 2 N–H and O–H groups in total. The molecule has 3 rings (SSSR count). The average Bonchev–Trinajstić information content (AvgIpc) is 3.43. The second kappa shape index (κ2) is 11.7. The topological polar surface area (TPSA) is 58.1 Å². The lowest BCUT2D eigenvalue weighted by atomic mass is 10.2. The Kier molecular flexibility index (Phi) is 8.65. The van der Waals surface area contributed by atoms with Gasteiger partial charge >= 0.3 is 0 Å². The van der Waals surface area contributed by atoms with Crippen LogP contribution in [0.1, 0.15) is 31.7 Å². The third-order valence-corrected chi connectivity index (χ3v) is 4.94. The number of nitrogens with zero attached hydrogens (tertiary/aromatic N) is 2. The predicted molar refractivity (Wildman–Crippen MR) is 115 cm³/mol. The number of guanidine groups is 1. The zero-order valence-corrected chi connectivity index (χ0v) is 17.0. The predicted octanol–water partition coefficient (Wildman–Crippen LogP) is 2.70. The van der Waals surface area contributed by atoms with Crippen LogP contribution in [0.2, 0.25) is 0 Å². The molecule has 6 nitrogen and oxygen atoms in total. The molecule has 1 aromatic rings. The van der Waals surface area contributed by atoms with Crippen molar-refractivity contribution in [2.75, 3.05) is 50.9 Å². The van der Waals surface area contributed by atoms with Gasteiger partial charge < -0.3 is 25.0 Å². The lowest BCUT2D eigenvalue weighted by Gasteiger charge is -2.18. The number of aliphatic imine (C=N–C) groups is 1. The summed E-state index contributed by atoms with van der Waals surface area (Å²) in [6, 6.07) is 8.66. The molecule has 0 saturated carbocycles. The fourth-order valence-corrected chi connectivity index (χ4v) is 3.42. The highest BCUT2D eigenvalue weighted by atomic mass is 16.5. The Balaban J connectivity index is 1.39. The molecule has 1 aromatic carbocycles. The van der Waals surface area contributed by atoms with Crippen molar-refractivity contribution in [1.29, 1.82) is 0 Å². The molecule has 0 aliphatic carbocycles. The van der Waals surface area contributed by atoms with E-state index < -0.39 is 0 Å². The number of ether oxygens (including phenoxy) is 2. The van der Waals surface area contributed by atoms with Gasteiger partial charge in [-0.3, -0.25) is 0 Å². The van der Waals surface area contributed by atoms with Gasteiger partial charge in [0.1, 0.15) is 0 Å². The van der Waals surface area contributed by atoms with E-state index in [4.69, 9.17) is 14.5 Å². The van der Waals surface area contributed by atoms with Gasteiger partial charge in [-0.2, -0.15) is 0 Å². The molecular weight excluding hydrogens is 352 g/mol. The maximum absolute atomic E-state index is 5.72. The summed E-state index contributed by atoms with van der Waals surface area (Å²) in [5.41, 5.74) is 2.49. The Labute approximate surface area is 169 Å². The Hall–Kier alpha value is -2.05. The van der Waals surface area contributed by atoms with E-state index in [1.54, 1.807) is 0 Å². The van der Waals surface area contributed by atoms with Gasteiger partial charge in [0.2, 0.25) is 0 Å². The van der Waals surface area contributed by atoms with Crippen molar-refractivity contribution in [2.24, 2.45) is 4.99 Å². The van der Waals surface area contributed by atoms with Gasteiger partial charge in [0.05, 0.1) is 19.3 Å². The van der Waals surface area contributed by atoms with Gasteiger partial charge in [-0.15, -0.1) is 0 Å². The van der Waals surface area contributed by atoms with Crippen LogP contribution < -0.4 is 15.5 Å². The highest BCUT2D eigenvalue weighted by Gasteiger charge is 2.14. The molecule has 1 atom stereocenters. The molecule has 0 aromatic heterocycles. The van der Waals surface area contributed by atoms with Gasteiger partial charge in [0, 0.05) is 45.1 Å². The summed E-state index contributed by atoms with van der Waals surface area (Å²) in [7, 11) is 0. The van der Waals surface area contributed by atoms with Gasteiger partial charge in [0.15, 0.2) is 5.96 Å². The number of anilines is 1. The summed E-state index contributed by atoms with van der Waals surface area (Å²) in [5, 5.41) is 6.71. The summed E-state index contributed by atoms with van der Waals surface area (Å²) in [4.78, 5) is 7.09. The van der Waals surface area contributed by atoms with Crippen LogP contribution >= 0.6 is 0 Å². The van der Waals surface area contributed by atoms with Crippen LogP contribution in [0.4, 0.5) is 5.69 Å². The van der Waals surface area contributed by atoms with Crippen molar-refractivity contribution in [3.05, 3.63) is 42.0 Å². The first-order valence-electron chi connectivity index (χ1n) is 10.6. The van der Waals surface area contributed by atoms with E-state index in [-0.39, 0.29) is 0 Å². The van der Waals surface area contributed by atoms with Crippen LogP contribution in [-0.2, 0) is 16.0 Å². The van der Waals surface area contributed by atoms with E-state index in [1.165, 1.54) is 11.3 Å². The summed E-state index contributed by atoms with van der Waals surface area (Å²) >= 11 is 0. The quantitative estimate of drug-likeness (QED) is 0.280. The first kappa shape index (κ1) is 20.7. The number of rotatable bonds is 10. The van der Waals surface area contributed by atoms with Gasteiger partial charge in [-0.05, 0) is 43.9 Å². The average molecular weight is 387 g/mol. The summed E-state index contributed by atoms with van der Waals surface area (Å²) < 4.78 is 11.3. The molecule has 2 aliphatic rings. The van der Waals surface area contributed by atoms with Crippen molar-refractivity contribution in [3.63, 3.8) is 0 Å². The third-order valence-electron chi connectivity index (χ3n) is 4.94. The first-order chi connectivity index (χ1) is 13.8. The second-order valence-corrected chi connectivity index (χ2v) is 7.23. The van der Waals surface area contributed by atoms with Crippen LogP contribution in [0, 0.1) is 0 Å². The molecule has 0 radical (unpaired) electrons. The molecule has 154 valence electrons. The lowest BCUT2D eigenvalue weighted by molar-refractivity contribution is 0.0168. The fourth-order valence-electron chi connectivity index (χ4n) is 3.42. The van der Waals surface area contributed by atoms with Crippen molar-refractivity contribution in [3.8, 4) is 0 Å². The highest BCUT2D eigenvalue weighted by molar-refractivity contribution is 5.79. The molecule has 0 amide bonds. The summed E-state index contributed by atoms with van der Waals surface area (Å²) in [5.74, 6) is 0.856. The zero-order valence-electron chi connectivity index (χ0n) is 17.0. The second-order valence-electron chi connectivity index (χ2n) is 7.23. The van der Waals surface area contributed by atoms with E-state index in [1.807, 2.05) is 0 Å². The molecule has 1 saturated heterocycles. The number of benzene rings is 1. The van der Waals surface area contributed by atoms with Gasteiger partial charge in [-0.25, -0.2) is 4.99 Å².